The van der Waals surface area contributed by atoms with Gasteiger partial charge in [0.1, 0.15) is 17.4 Å². The van der Waals surface area contributed by atoms with Crippen molar-refractivity contribution in [1.29, 1.82) is 0 Å². The molecule has 7 heteroatoms. The number of esters is 1. The molecule has 0 aliphatic carbocycles. The lowest BCUT2D eigenvalue weighted by molar-refractivity contribution is -0.0259. The lowest BCUT2D eigenvalue weighted by atomic mass is 9.92. The standard InChI is InChI=1S/C19H26N2O5/c1-5-13-12-21(18(23)26-19(2,3)4)11-10-16(13)25-17(22)14-6-8-15(20-24)9-7-14/h6-9,13,16H,5,10-12H2,1-4H3/t13-,16+/m0/s1. The average molecular weight is 362 g/mol. The van der Waals surface area contributed by atoms with E-state index in [-0.39, 0.29) is 23.8 Å². The van der Waals surface area contributed by atoms with Crippen molar-refractivity contribution in [2.45, 2.75) is 52.2 Å². The molecule has 1 fully saturated rings. The summed E-state index contributed by atoms with van der Waals surface area (Å²) in [4.78, 5) is 36.7. The van der Waals surface area contributed by atoms with Crippen molar-refractivity contribution in [1.82, 2.24) is 4.90 Å². The van der Waals surface area contributed by atoms with Gasteiger partial charge in [0, 0.05) is 25.4 Å². The number of benzene rings is 1. The van der Waals surface area contributed by atoms with E-state index < -0.39 is 11.6 Å². The van der Waals surface area contributed by atoms with Crippen molar-refractivity contribution < 1.29 is 19.1 Å². The molecule has 0 spiro atoms. The quantitative estimate of drug-likeness (QED) is 0.589. The summed E-state index contributed by atoms with van der Waals surface area (Å²) in [5.41, 5.74) is 0.102. The summed E-state index contributed by atoms with van der Waals surface area (Å²) in [6.45, 7) is 8.50. The zero-order chi connectivity index (χ0) is 19.3. The van der Waals surface area contributed by atoms with Crippen LogP contribution in [0.2, 0.25) is 0 Å². The van der Waals surface area contributed by atoms with Crippen molar-refractivity contribution in [3.63, 3.8) is 0 Å². The zero-order valence-electron chi connectivity index (χ0n) is 15.7. The van der Waals surface area contributed by atoms with Gasteiger partial charge in [0.2, 0.25) is 0 Å². The maximum Gasteiger partial charge on any atom is 0.410 e. The molecule has 2 atom stereocenters. The number of hydrogen-bond donors (Lipinski definition) is 0. The first-order chi connectivity index (χ1) is 12.2. The van der Waals surface area contributed by atoms with Crippen molar-refractivity contribution in [3.05, 3.63) is 34.7 Å². The van der Waals surface area contributed by atoms with Gasteiger partial charge in [0.25, 0.3) is 0 Å². The largest absolute Gasteiger partial charge is 0.458 e. The number of amides is 1. The second kappa shape index (κ2) is 8.29. The van der Waals surface area contributed by atoms with Gasteiger partial charge >= 0.3 is 12.1 Å². The molecule has 0 saturated carbocycles. The van der Waals surface area contributed by atoms with E-state index in [1.165, 1.54) is 24.3 Å². The van der Waals surface area contributed by atoms with E-state index in [0.717, 1.165) is 6.42 Å². The fraction of sp³-hybridized carbons (Fsp3) is 0.579. The summed E-state index contributed by atoms with van der Waals surface area (Å²) in [7, 11) is 0. The highest BCUT2D eigenvalue weighted by Crippen LogP contribution is 2.26. The van der Waals surface area contributed by atoms with Gasteiger partial charge in [0.05, 0.1) is 5.56 Å². The molecule has 0 radical (unpaired) electrons. The molecule has 2 rings (SSSR count). The Bertz CT molecular complexity index is 651. The molecule has 1 aliphatic rings. The molecule has 1 heterocycles. The van der Waals surface area contributed by atoms with Crippen LogP contribution in [0.25, 0.3) is 0 Å². The fourth-order valence-electron chi connectivity index (χ4n) is 2.91. The van der Waals surface area contributed by atoms with E-state index >= 15 is 0 Å². The van der Waals surface area contributed by atoms with Gasteiger partial charge in [-0.3, -0.25) is 0 Å². The maximum absolute atomic E-state index is 12.3. The Morgan fingerprint density at radius 2 is 1.88 bits per heavy atom. The summed E-state index contributed by atoms with van der Waals surface area (Å²) in [5.74, 6) is -0.382. The summed E-state index contributed by atoms with van der Waals surface area (Å²) in [5, 5.41) is 2.81. The van der Waals surface area contributed by atoms with Crippen LogP contribution in [0.3, 0.4) is 0 Å². The van der Waals surface area contributed by atoms with Crippen LogP contribution in [0.1, 0.15) is 50.9 Å². The predicted octanol–water partition coefficient (Wildman–Crippen LogP) is 4.28. The predicted molar refractivity (Wildman–Crippen MR) is 97.3 cm³/mol. The molecule has 1 amide bonds. The highest BCUT2D eigenvalue weighted by molar-refractivity contribution is 5.89. The second-order valence-electron chi connectivity index (χ2n) is 7.47. The minimum atomic E-state index is -0.537. The van der Waals surface area contributed by atoms with Gasteiger partial charge in [-0.05, 0) is 56.6 Å². The van der Waals surface area contributed by atoms with E-state index in [1.54, 1.807) is 4.90 Å². The van der Waals surface area contributed by atoms with Gasteiger partial charge in [-0.1, -0.05) is 6.92 Å². The third kappa shape index (κ3) is 5.28. The summed E-state index contributed by atoms with van der Waals surface area (Å²) in [6, 6.07) is 6.00. The van der Waals surface area contributed by atoms with E-state index in [0.29, 0.717) is 25.1 Å². The van der Waals surface area contributed by atoms with Crippen molar-refractivity contribution in [3.8, 4) is 0 Å². The smallest absolute Gasteiger partial charge is 0.410 e. The number of hydrogen-bond acceptors (Lipinski definition) is 6. The normalized spacial score (nSPS) is 20.4. The van der Waals surface area contributed by atoms with Crippen LogP contribution < -0.4 is 0 Å². The molecule has 0 unspecified atom stereocenters. The minimum Gasteiger partial charge on any atom is -0.458 e. The molecule has 0 aromatic heterocycles. The Labute approximate surface area is 153 Å². The van der Waals surface area contributed by atoms with Crippen LogP contribution >= 0.6 is 0 Å². The molecule has 1 aromatic rings. The molecule has 26 heavy (non-hydrogen) atoms. The summed E-state index contributed by atoms with van der Waals surface area (Å²) in [6.07, 6.45) is 0.760. The Morgan fingerprint density at radius 3 is 2.42 bits per heavy atom. The van der Waals surface area contributed by atoms with E-state index in [1.807, 2.05) is 27.7 Å². The van der Waals surface area contributed by atoms with Gasteiger partial charge in [-0.15, -0.1) is 4.91 Å². The maximum atomic E-state index is 12.3. The van der Waals surface area contributed by atoms with Crippen molar-refractivity contribution in [2.24, 2.45) is 11.1 Å². The average Bonchev–Trinajstić information content (AvgIpc) is 2.60. The molecule has 0 N–H and O–H groups in total. The van der Waals surface area contributed by atoms with E-state index in [9.17, 15) is 14.5 Å². The number of nitrogens with zero attached hydrogens (tertiary/aromatic N) is 2. The Hall–Kier alpha value is -2.44. The first kappa shape index (κ1) is 19.9. The third-order valence-corrected chi connectivity index (χ3v) is 4.31. The molecule has 7 nitrogen and oxygen atoms in total. The minimum absolute atomic E-state index is 0.0520. The topological polar surface area (TPSA) is 85.3 Å². The van der Waals surface area contributed by atoms with Gasteiger partial charge in [-0.25, -0.2) is 9.59 Å². The molecule has 0 bridgehead atoms. The summed E-state index contributed by atoms with van der Waals surface area (Å²) < 4.78 is 11.1. The lowest BCUT2D eigenvalue weighted by Crippen LogP contribution is -2.48. The van der Waals surface area contributed by atoms with Crippen molar-refractivity contribution in [2.75, 3.05) is 13.1 Å². The number of ether oxygens (including phenoxy) is 2. The van der Waals surface area contributed by atoms with Crippen LogP contribution in [0.15, 0.2) is 29.4 Å². The number of nitroso groups, excluding NO2 is 1. The SMILES string of the molecule is CC[C@H]1CN(C(=O)OC(C)(C)C)CC[C@H]1OC(=O)c1ccc(N=O)cc1. The second-order valence-corrected chi connectivity index (χ2v) is 7.47. The van der Waals surface area contributed by atoms with Crippen LogP contribution in [0.5, 0.6) is 0 Å². The Morgan fingerprint density at radius 1 is 1.23 bits per heavy atom. The number of carbonyl (C=O) groups is 2. The highest BCUT2D eigenvalue weighted by atomic mass is 16.6. The molecule has 1 aromatic carbocycles. The first-order valence-corrected chi connectivity index (χ1v) is 8.86. The molecule has 1 saturated heterocycles. The van der Waals surface area contributed by atoms with Gasteiger partial charge < -0.3 is 14.4 Å². The van der Waals surface area contributed by atoms with Gasteiger partial charge in [0.15, 0.2) is 0 Å². The Kier molecular flexibility index (Phi) is 6.34. The van der Waals surface area contributed by atoms with Crippen molar-refractivity contribution >= 4 is 17.7 Å². The molecule has 1 aliphatic heterocycles. The number of likely N-dealkylation sites (tertiary alicyclic amines) is 1. The monoisotopic (exact) mass is 362 g/mol. The Balaban J connectivity index is 1.97. The third-order valence-electron chi connectivity index (χ3n) is 4.31. The molecule has 142 valence electrons. The van der Waals surface area contributed by atoms with E-state index in [2.05, 4.69) is 5.18 Å². The van der Waals surface area contributed by atoms with Crippen LogP contribution in [-0.4, -0.2) is 41.8 Å². The zero-order valence-corrected chi connectivity index (χ0v) is 15.7. The first-order valence-electron chi connectivity index (χ1n) is 8.86. The molecular weight excluding hydrogens is 336 g/mol. The van der Waals surface area contributed by atoms with E-state index in [4.69, 9.17) is 9.47 Å². The highest BCUT2D eigenvalue weighted by Gasteiger charge is 2.34. The van der Waals surface area contributed by atoms with Crippen LogP contribution in [0.4, 0.5) is 10.5 Å². The molecular formula is C19H26N2O5. The van der Waals surface area contributed by atoms with Crippen LogP contribution in [0, 0.1) is 10.8 Å². The number of rotatable bonds is 4. The van der Waals surface area contributed by atoms with Gasteiger partial charge in [-0.2, -0.15) is 0 Å². The number of carbonyl (C=O) groups excluding carboxylic acids is 2. The fourth-order valence-corrected chi connectivity index (χ4v) is 2.91. The number of piperidine rings is 1. The lowest BCUT2D eigenvalue weighted by Gasteiger charge is -2.38. The van der Waals surface area contributed by atoms with Crippen LogP contribution in [-0.2, 0) is 9.47 Å². The summed E-state index contributed by atoms with van der Waals surface area (Å²) >= 11 is 0.